The molecule has 2 heterocycles. The molecular weight excluding hydrogens is 432 g/mol. The highest BCUT2D eigenvalue weighted by Gasteiger charge is 2.20. The lowest BCUT2D eigenvalue weighted by Gasteiger charge is -2.05. The van der Waals surface area contributed by atoms with Crippen LogP contribution < -0.4 is 5.43 Å². The Morgan fingerprint density at radius 2 is 1.81 bits per heavy atom. The first kappa shape index (κ1) is 20.9. The molecule has 0 saturated carbocycles. The Balaban J connectivity index is 1.58. The van der Waals surface area contributed by atoms with E-state index in [-0.39, 0.29) is 27.6 Å². The van der Waals surface area contributed by atoms with Crippen molar-refractivity contribution in [1.29, 1.82) is 0 Å². The number of thioether (sulfide) groups is 1. The first-order valence-corrected chi connectivity index (χ1v) is 10.0. The van der Waals surface area contributed by atoms with Crippen LogP contribution in [0.3, 0.4) is 0 Å². The number of nitro benzene ring substituents is 1. The van der Waals surface area contributed by atoms with Gasteiger partial charge in [-0.25, -0.2) is 0 Å². The van der Waals surface area contributed by atoms with Gasteiger partial charge >= 0.3 is 0 Å². The Bertz CT molecular complexity index is 1260. The predicted molar refractivity (Wildman–Crippen MR) is 118 cm³/mol. The fraction of sp³-hybridized carbons (Fsp3) is 0. The summed E-state index contributed by atoms with van der Waals surface area (Å²) in [5.74, 6) is -0.215. The van der Waals surface area contributed by atoms with E-state index in [9.17, 15) is 14.9 Å². The number of hydrazone groups is 1. The van der Waals surface area contributed by atoms with Crippen molar-refractivity contribution < 1.29 is 14.1 Å². The monoisotopic (exact) mass is 446 g/mol. The number of nitro groups is 1. The van der Waals surface area contributed by atoms with Crippen LogP contribution in [0.1, 0.15) is 10.4 Å². The van der Waals surface area contributed by atoms with Gasteiger partial charge in [-0.05, 0) is 48.2 Å². The molecule has 2 aromatic carbocycles. The molecule has 158 valence electrons. The van der Waals surface area contributed by atoms with Gasteiger partial charge in [-0.1, -0.05) is 18.2 Å². The summed E-state index contributed by atoms with van der Waals surface area (Å²) in [7, 11) is 0. The maximum atomic E-state index is 13.0. The molecule has 2 aromatic heterocycles. The number of hydrogen-bond donors (Lipinski definition) is 1. The molecule has 0 amide bonds. The minimum Gasteiger partial charge on any atom is -0.411 e. The maximum Gasteiger partial charge on any atom is 0.283 e. The molecule has 11 heteroatoms. The molecule has 0 aliphatic carbocycles. The molecule has 4 aromatic rings. The second-order valence-electron chi connectivity index (χ2n) is 6.24. The highest BCUT2D eigenvalue weighted by atomic mass is 32.2. The number of nitrogens with one attached hydrogen (secondary N) is 1. The van der Waals surface area contributed by atoms with Crippen molar-refractivity contribution in [2.24, 2.45) is 5.10 Å². The summed E-state index contributed by atoms with van der Waals surface area (Å²) in [6.45, 7) is 0. The molecule has 0 aliphatic heterocycles. The molecule has 0 spiro atoms. The molecule has 0 saturated heterocycles. The van der Waals surface area contributed by atoms with Gasteiger partial charge in [0.2, 0.25) is 11.7 Å². The van der Waals surface area contributed by atoms with Crippen molar-refractivity contribution in [1.82, 2.24) is 15.2 Å². The Hall–Kier alpha value is -4.38. The zero-order chi connectivity index (χ0) is 22.3. The number of carbonyl (C=O) groups is 1. The van der Waals surface area contributed by atoms with E-state index in [4.69, 9.17) is 4.42 Å². The third kappa shape index (κ3) is 5.02. The van der Waals surface area contributed by atoms with Crippen LogP contribution in [0.25, 0.3) is 11.5 Å². The number of benzene rings is 2. The standard InChI is InChI=1S/C21H14N6O4S/c28-18(15-5-4-12-22-13-15)20(25-23-16-6-2-1-3-7-16)32-21-26-24-19(31-21)14-8-10-17(11-9-14)27(29)30/h1-13,23H/b25-20+. The molecule has 0 fully saturated rings. The first-order valence-electron chi connectivity index (χ1n) is 9.20. The highest BCUT2D eigenvalue weighted by Crippen LogP contribution is 2.26. The van der Waals surface area contributed by atoms with Gasteiger partial charge in [0.25, 0.3) is 10.9 Å². The predicted octanol–water partition coefficient (Wildman–Crippen LogP) is 4.44. The molecule has 1 N–H and O–H groups in total. The number of aromatic nitrogens is 3. The summed E-state index contributed by atoms with van der Waals surface area (Å²) < 4.78 is 5.63. The second kappa shape index (κ2) is 9.62. The van der Waals surface area contributed by atoms with E-state index in [1.165, 1.54) is 30.5 Å². The van der Waals surface area contributed by atoms with Crippen molar-refractivity contribution in [3.8, 4) is 11.5 Å². The van der Waals surface area contributed by atoms with Crippen LogP contribution in [0.5, 0.6) is 0 Å². The number of pyridine rings is 1. The number of Topliss-reactive ketones (excluding diaryl/α,β-unsaturated/α-hetero) is 1. The largest absolute Gasteiger partial charge is 0.411 e. The van der Waals surface area contributed by atoms with Crippen LogP contribution in [0.2, 0.25) is 0 Å². The van der Waals surface area contributed by atoms with Gasteiger partial charge in [0.1, 0.15) is 0 Å². The molecule has 0 bridgehead atoms. The SMILES string of the molecule is O=C(/C(=N\Nc1ccccc1)Sc1nnc(-c2ccc([N+](=O)[O-])cc2)o1)c1cccnc1. The summed E-state index contributed by atoms with van der Waals surface area (Å²) in [5.41, 5.74) is 4.35. The number of rotatable bonds is 7. The summed E-state index contributed by atoms with van der Waals surface area (Å²) in [4.78, 5) is 27.3. The van der Waals surface area contributed by atoms with Crippen LogP contribution in [-0.2, 0) is 0 Å². The summed E-state index contributed by atoms with van der Waals surface area (Å²) in [5, 5.41) is 23.1. The summed E-state index contributed by atoms with van der Waals surface area (Å²) in [6, 6.07) is 18.1. The molecule has 0 atom stereocenters. The van der Waals surface area contributed by atoms with E-state index >= 15 is 0 Å². The fourth-order valence-corrected chi connectivity index (χ4v) is 3.21. The average Bonchev–Trinajstić information content (AvgIpc) is 3.31. The Morgan fingerprint density at radius 1 is 1.03 bits per heavy atom. The van der Waals surface area contributed by atoms with Gasteiger partial charge in [0, 0.05) is 35.7 Å². The average molecular weight is 446 g/mol. The van der Waals surface area contributed by atoms with E-state index in [0.717, 1.165) is 11.8 Å². The normalized spacial score (nSPS) is 11.2. The topological polar surface area (TPSA) is 136 Å². The van der Waals surface area contributed by atoms with Crippen molar-refractivity contribution in [3.63, 3.8) is 0 Å². The van der Waals surface area contributed by atoms with Gasteiger partial charge < -0.3 is 4.42 Å². The third-order valence-electron chi connectivity index (χ3n) is 4.09. The van der Waals surface area contributed by atoms with E-state index in [1.807, 2.05) is 18.2 Å². The number of carbonyl (C=O) groups excluding carboxylic acids is 1. The van der Waals surface area contributed by atoms with Gasteiger partial charge in [-0.2, -0.15) is 5.10 Å². The van der Waals surface area contributed by atoms with Crippen LogP contribution in [0, 0.1) is 10.1 Å². The van der Waals surface area contributed by atoms with E-state index in [0.29, 0.717) is 16.8 Å². The fourth-order valence-electron chi connectivity index (χ4n) is 2.54. The maximum absolute atomic E-state index is 13.0. The highest BCUT2D eigenvalue weighted by molar-refractivity contribution is 8.15. The smallest absolute Gasteiger partial charge is 0.283 e. The van der Waals surface area contributed by atoms with Gasteiger partial charge in [-0.15, -0.1) is 10.2 Å². The number of para-hydroxylation sites is 1. The van der Waals surface area contributed by atoms with Crippen molar-refractivity contribution in [3.05, 3.63) is 94.8 Å². The number of hydrogen-bond acceptors (Lipinski definition) is 10. The molecule has 4 rings (SSSR count). The summed E-state index contributed by atoms with van der Waals surface area (Å²) >= 11 is 0.896. The zero-order valence-corrected chi connectivity index (χ0v) is 17.1. The number of anilines is 1. The van der Waals surface area contributed by atoms with E-state index in [1.54, 1.807) is 30.5 Å². The van der Waals surface area contributed by atoms with Gasteiger partial charge in [0.05, 0.1) is 10.6 Å². The lowest BCUT2D eigenvalue weighted by Crippen LogP contribution is -2.13. The minimum atomic E-state index is -0.495. The van der Waals surface area contributed by atoms with Crippen molar-refractivity contribution >= 4 is 34.0 Å². The minimum absolute atomic E-state index is 0.0497. The lowest BCUT2D eigenvalue weighted by atomic mass is 10.2. The van der Waals surface area contributed by atoms with Gasteiger partial charge in [0.15, 0.2) is 5.04 Å². The molecule has 0 radical (unpaired) electrons. The Morgan fingerprint density at radius 3 is 2.50 bits per heavy atom. The van der Waals surface area contributed by atoms with Crippen LogP contribution >= 0.6 is 11.8 Å². The second-order valence-corrected chi connectivity index (χ2v) is 7.18. The van der Waals surface area contributed by atoms with Crippen LogP contribution in [0.15, 0.2) is 93.9 Å². The first-order chi connectivity index (χ1) is 15.6. The number of nitrogens with zero attached hydrogens (tertiary/aromatic N) is 5. The van der Waals surface area contributed by atoms with Crippen molar-refractivity contribution in [2.75, 3.05) is 5.43 Å². The number of ketones is 1. The number of non-ortho nitro benzene ring substituents is 1. The summed E-state index contributed by atoms with van der Waals surface area (Å²) in [6.07, 6.45) is 3.01. The van der Waals surface area contributed by atoms with Crippen LogP contribution in [0.4, 0.5) is 11.4 Å². The van der Waals surface area contributed by atoms with Gasteiger partial charge in [-0.3, -0.25) is 25.3 Å². The zero-order valence-electron chi connectivity index (χ0n) is 16.3. The lowest BCUT2D eigenvalue weighted by molar-refractivity contribution is -0.384. The molecule has 0 unspecified atom stereocenters. The van der Waals surface area contributed by atoms with E-state index in [2.05, 4.69) is 25.7 Å². The van der Waals surface area contributed by atoms with Crippen molar-refractivity contribution in [2.45, 2.75) is 5.22 Å². The Labute approximate surface area is 185 Å². The molecule has 10 nitrogen and oxygen atoms in total. The quantitative estimate of drug-likeness (QED) is 0.109. The molecule has 0 aliphatic rings. The Kier molecular flexibility index (Phi) is 6.28. The van der Waals surface area contributed by atoms with Crippen LogP contribution in [-0.4, -0.2) is 30.9 Å². The van der Waals surface area contributed by atoms with E-state index < -0.39 is 4.92 Å². The third-order valence-corrected chi connectivity index (χ3v) is 4.90. The molecule has 32 heavy (non-hydrogen) atoms. The molecular formula is C21H14N6O4S.